The number of allylic oxidation sites excluding steroid dienone is 2. The number of hydrogen-bond acceptors (Lipinski definition) is 3. The lowest BCUT2D eigenvalue weighted by atomic mass is 9.79. The van der Waals surface area contributed by atoms with Gasteiger partial charge in [0.15, 0.2) is 11.6 Å². The van der Waals surface area contributed by atoms with Gasteiger partial charge in [0.2, 0.25) is 0 Å². The number of carbonyl (C=O) groups excluding carboxylic acids is 2. The van der Waals surface area contributed by atoms with Crippen LogP contribution in [0.4, 0.5) is 0 Å². The van der Waals surface area contributed by atoms with E-state index in [0.29, 0.717) is 25.8 Å². The van der Waals surface area contributed by atoms with Crippen LogP contribution in [0.3, 0.4) is 0 Å². The van der Waals surface area contributed by atoms with Crippen LogP contribution in [0.1, 0.15) is 30.4 Å². The van der Waals surface area contributed by atoms with Crippen LogP contribution < -0.4 is 5.32 Å². The van der Waals surface area contributed by atoms with Crippen molar-refractivity contribution in [2.45, 2.75) is 25.3 Å². The molecule has 136 valence electrons. The predicted molar refractivity (Wildman–Crippen MR) is 108 cm³/mol. The Balaban J connectivity index is 1.49. The average molecular weight is 357 g/mol. The molecular weight excluding hydrogens is 334 g/mol. The third kappa shape index (κ3) is 3.99. The minimum Gasteiger partial charge on any atom is -0.304 e. The number of carbonyl (C=O) groups is 2. The third-order valence-electron chi connectivity index (χ3n) is 5.42. The fourth-order valence-electron chi connectivity index (χ4n) is 4.02. The lowest BCUT2D eigenvalue weighted by Crippen LogP contribution is -2.43. The monoisotopic (exact) mass is 357 g/mol. The Labute approximate surface area is 159 Å². The minimum absolute atomic E-state index is 0.0492. The fraction of sp³-hybridized carbons (Fsp3) is 0.250. The van der Waals surface area contributed by atoms with Gasteiger partial charge >= 0.3 is 0 Å². The Bertz CT molecular complexity index is 896. The van der Waals surface area contributed by atoms with Crippen molar-refractivity contribution in [3.05, 3.63) is 83.9 Å². The van der Waals surface area contributed by atoms with Crippen LogP contribution in [0.5, 0.6) is 0 Å². The molecule has 2 aromatic carbocycles. The zero-order chi connectivity index (χ0) is 18.6. The molecule has 0 aromatic heterocycles. The third-order valence-corrected chi connectivity index (χ3v) is 5.42. The molecule has 0 amide bonds. The van der Waals surface area contributed by atoms with Gasteiger partial charge in [0.05, 0.1) is 6.04 Å². The lowest BCUT2D eigenvalue weighted by molar-refractivity contribution is -0.128. The van der Waals surface area contributed by atoms with Gasteiger partial charge in [-0.25, -0.2) is 0 Å². The first kappa shape index (κ1) is 17.6. The highest BCUT2D eigenvalue weighted by Crippen LogP contribution is 2.32. The second-order valence-corrected chi connectivity index (χ2v) is 7.27. The standard InChI is InChI=1S/C24H23NO2/c26-22-14-20(18-9-5-2-6-10-18)13-21(15-22)24(27)23-16-19(11-12-25-23)17-7-3-1-4-8-17/h1-11,14,21,23,25H,12-13,15-16H2/t21?,23-/m0/s1. The lowest BCUT2D eigenvalue weighted by Gasteiger charge is -2.29. The van der Waals surface area contributed by atoms with E-state index in [0.717, 1.165) is 11.1 Å². The summed E-state index contributed by atoms with van der Waals surface area (Å²) >= 11 is 0. The van der Waals surface area contributed by atoms with Crippen molar-refractivity contribution in [1.82, 2.24) is 5.32 Å². The van der Waals surface area contributed by atoms with Crippen molar-refractivity contribution in [3.63, 3.8) is 0 Å². The molecule has 3 heteroatoms. The van der Waals surface area contributed by atoms with Gasteiger partial charge in [-0.1, -0.05) is 66.7 Å². The molecule has 4 rings (SSSR count). The molecule has 27 heavy (non-hydrogen) atoms. The van der Waals surface area contributed by atoms with Crippen LogP contribution in [-0.4, -0.2) is 24.2 Å². The Morgan fingerprint density at radius 3 is 2.11 bits per heavy atom. The summed E-state index contributed by atoms with van der Waals surface area (Å²) in [7, 11) is 0. The van der Waals surface area contributed by atoms with Gasteiger partial charge in [0.25, 0.3) is 0 Å². The summed E-state index contributed by atoms with van der Waals surface area (Å²) in [5, 5.41) is 3.33. The normalized spacial score (nSPS) is 22.7. The Morgan fingerprint density at radius 1 is 0.815 bits per heavy atom. The van der Waals surface area contributed by atoms with Gasteiger partial charge in [0.1, 0.15) is 0 Å². The molecule has 0 fully saturated rings. The second-order valence-electron chi connectivity index (χ2n) is 7.27. The first-order chi connectivity index (χ1) is 13.2. The molecule has 0 radical (unpaired) electrons. The molecule has 0 bridgehead atoms. The summed E-state index contributed by atoms with van der Waals surface area (Å²) in [6.45, 7) is 0.683. The highest BCUT2D eigenvalue weighted by Gasteiger charge is 2.33. The Morgan fingerprint density at radius 2 is 1.44 bits per heavy atom. The molecule has 3 nitrogen and oxygen atoms in total. The zero-order valence-electron chi connectivity index (χ0n) is 15.2. The largest absolute Gasteiger partial charge is 0.304 e. The molecule has 1 heterocycles. The predicted octanol–water partition coefficient (Wildman–Crippen LogP) is 4.06. The first-order valence-corrected chi connectivity index (χ1v) is 9.51. The molecule has 1 unspecified atom stereocenters. The van der Waals surface area contributed by atoms with E-state index in [1.807, 2.05) is 48.5 Å². The van der Waals surface area contributed by atoms with Crippen molar-refractivity contribution >= 4 is 22.7 Å². The quantitative estimate of drug-likeness (QED) is 0.897. The number of nitrogens with one attached hydrogen (secondary N) is 1. The highest BCUT2D eigenvalue weighted by atomic mass is 16.1. The molecular formula is C24H23NO2. The highest BCUT2D eigenvalue weighted by molar-refractivity contribution is 6.03. The molecule has 2 aromatic rings. The number of rotatable bonds is 4. The van der Waals surface area contributed by atoms with E-state index >= 15 is 0 Å². The van der Waals surface area contributed by atoms with E-state index in [9.17, 15) is 9.59 Å². The van der Waals surface area contributed by atoms with Crippen molar-refractivity contribution in [1.29, 1.82) is 0 Å². The van der Waals surface area contributed by atoms with Gasteiger partial charge in [-0.2, -0.15) is 0 Å². The van der Waals surface area contributed by atoms with Gasteiger partial charge in [-0.3, -0.25) is 9.59 Å². The van der Waals surface area contributed by atoms with E-state index in [2.05, 4.69) is 23.5 Å². The molecule has 0 spiro atoms. The van der Waals surface area contributed by atoms with Crippen molar-refractivity contribution in [2.24, 2.45) is 5.92 Å². The topological polar surface area (TPSA) is 46.2 Å². The smallest absolute Gasteiger partial charge is 0.156 e. The fourth-order valence-corrected chi connectivity index (χ4v) is 4.02. The summed E-state index contributed by atoms with van der Waals surface area (Å²) in [4.78, 5) is 25.5. The SMILES string of the molecule is O=C1C=C(c2ccccc2)CC(C(=O)[C@@H]2CC(c3ccccc3)=CCN2)C1. The van der Waals surface area contributed by atoms with Crippen LogP contribution in [0, 0.1) is 5.92 Å². The summed E-state index contributed by atoms with van der Waals surface area (Å²) in [6.07, 6.45) is 5.50. The molecule has 0 saturated carbocycles. The molecule has 1 aliphatic heterocycles. The molecule has 0 saturated heterocycles. The number of benzene rings is 2. The Kier molecular flexibility index (Phi) is 5.12. The van der Waals surface area contributed by atoms with E-state index in [1.165, 1.54) is 11.1 Å². The van der Waals surface area contributed by atoms with E-state index in [4.69, 9.17) is 0 Å². The second kappa shape index (κ2) is 7.85. The van der Waals surface area contributed by atoms with Crippen molar-refractivity contribution in [3.8, 4) is 0 Å². The van der Waals surface area contributed by atoms with Crippen LogP contribution in [0.2, 0.25) is 0 Å². The van der Waals surface area contributed by atoms with Crippen LogP contribution in [0.15, 0.2) is 72.8 Å². The summed E-state index contributed by atoms with van der Waals surface area (Å²) < 4.78 is 0. The summed E-state index contributed by atoms with van der Waals surface area (Å²) in [5.41, 5.74) is 4.37. The minimum atomic E-state index is -0.245. The summed E-state index contributed by atoms with van der Waals surface area (Å²) in [5.74, 6) is -0.0372. The maximum Gasteiger partial charge on any atom is 0.156 e. The number of hydrogen-bond donors (Lipinski definition) is 1. The maximum atomic E-state index is 13.2. The molecule has 2 atom stereocenters. The zero-order valence-corrected chi connectivity index (χ0v) is 15.2. The Hall–Kier alpha value is -2.78. The van der Waals surface area contributed by atoms with Gasteiger partial charge in [-0.15, -0.1) is 0 Å². The first-order valence-electron chi connectivity index (χ1n) is 9.51. The van der Waals surface area contributed by atoms with Crippen molar-refractivity contribution in [2.75, 3.05) is 6.54 Å². The van der Waals surface area contributed by atoms with Crippen molar-refractivity contribution < 1.29 is 9.59 Å². The average Bonchev–Trinajstić information content (AvgIpc) is 2.74. The molecule has 1 aliphatic carbocycles. The van der Waals surface area contributed by atoms with Crippen LogP contribution in [-0.2, 0) is 9.59 Å². The van der Waals surface area contributed by atoms with E-state index < -0.39 is 0 Å². The van der Waals surface area contributed by atoms with Crippen LogP contribution in [0.25, 0.3) is 11.1 Å². The van der Waals surface area contributed by atoms with E-state index in [1.54, 1.807) is 6.08 Å². The number of ketones is 2. The number of Topliss-reactive ketones (excluding diaryl/α,β-unsaturated/α-hetero) is 1. The van der Waals surface area contributed by atoms with Gasteiger partial charge < -0.3 is 5.32 Å². The van der Waals surface area contributed by atoms with Gasteiger partial charge in [-0.05, 0) is 41.2 Å². The molecule has 1 N–H and O–H groups in total. The van der Waals surface area contributed by atoms with E-state index in [-0.39, 0.29) is 23.5 Å². The van der Waals surface area contributed by atoms with Crippen LogP contribution >= 0.6 is 0 Å². The molecule has 2 aliphatic rings. The summed E-state index contributed by atoms with van der Waals surface area (Å²) in [6, 6.07) is 19.9. The maximum absolute atomic E-state index is 13.2. The van der Waals surface area contributed by atoms with Gasteiger partial charge in [0, 0.05) is 18.9 Å².